The Hall–Kier alpha value is -2.98. The van der Waals surface area contributed by atoms with Crippen molar-refractivity contribution >= 4 is 46.5 Å². The Morgan fingerprint density at radius 3 is 2.41 bits per heavy atom. The molecule has 1 aromatic heterocycles. The summed E-state index contributed by atoms with van der Waals surface area (Å²) in [5, 5.41) is 12.8. The normalized spacial score (nSPS) is 19.4. The van der Waals surface area contributed by atoms with E-state index < -0.39 is 11.7 Å². The van der Waals surface area contributed by atoms with Gasteiger partial charge in [0.2, 0.25) is 11.8 Å². The average Bonchev–Trinajstić information content (AvgIpc) is 3.38. The molecule has 3 heterocycles. The largest absolute Gasteiger partial charge is 0.351 e. The molecule has 3 aromatic rings. The molecule has 194 valence electrons. The highest BCUT2D eigenvalue weighted by Gasteiger charge is 2.59. The predicted octanol–water partition coefficient (Wildman–Crippen LogP) is 4.57. The van der Waals surface area contributed by atoms with E-state index in [2.05, 4.69) is 15.6 Å². The number of hydrogen-bond acceptors (Lipinski definition) is 6. The molecule has 1 unspecified atom stereocenters. The molecule has 1 N–H and O–H groups in total. The fourth-order valence-electron chi connectivity index (χ4n) is 5.15. The number of fused-ring (bicyclic) bond motifs is 4. The Labute approximate surface area is 224 Å². The first-order chi connectivity index (χ1) is 17.8. The van der Waals surface area contributed by atoms with Gasteiger partial charge in [0.05, 0.1) is 19.0 Å². The van der Waals surface area contributed by atoms with Crippen molar-refractivity contribution in [3.8, 4) is 0 Å². The van der Waals surface area contributed by atoms with Crippen LogP contribution in [0.1, 0.15) is 50.1 Å². The van der Waals surface area contributed by atoms with Gasteiger partial charge in [-0.1, -0.05) is 40.5 Å². The first-order valence-corrected chi connectivity index (χ1v) is 12.9. The Morgan fingerprint density at radius 2 is 1.73 bits per heavy atom. The number of carbonyl (C=O) groups is 2. The van der Waals surface area contributed by atoms with E-state index in [0.29, 0.717) is 46.0 Å². The van der Waals surface area contributed by atoms with E-state index in [9.17, 15) is 9.59 Å². The molecule has 2 aromatic carbocycles. The maximum absolute atomic E-state index is 14.3. The molecular formula is C26H27Cl2N5O4. The zero-order chi connectivity index (χ0) is 26.3. The van der Waals surface area contributed by atoms with Crippen LogP contribution < -0.4 is 10.2 Å². The van der Waals surface area contributed by atoms with Crippen LogP contribution in [0.25, 0.3) is 0 Å². The predicted molar refractivity (Wildman–Crippen MR) is 140 cm³/mol. The maximum atomic E-state index is 14.3. The van der Waals surface area contributed by atoms with Crippen LogP contribution in [0.2, 0.25) is 10.0 Å². The highest BCUT2D eigenvalue weighted by atomic mass is 35.5. The minimum atomic E-state index is -1.38. The second-order valence-corrected chi connectivity index (χ2v) is 9.88. The molecule has 2 amide bonds. The number of halogens is 2. The smallest absolute Gasteiger partial charge is 0.244 e. The van der Waals surface area contributed by atoms with E-state index in [1.165, 1.54) is 0 Å². The topological polar surface area (TPSA) is 98.6 Å². The lowest BCUT2D eigenvalue weighted by molar-refractivity contribution is -0.137. The van der Waals surface area contributed by atoms with Gasteiger partial charge in [0.25, 0.3) is 0 Å². The monoisotopic (exact) mass is 543 g/mol. The molecule has 2 aliphatic rings. The maximum Gasteiger partial charge on any atom is 0.244 e. The summed E-state index contributed by atoms with van der Waals surface area (Å²) in [5.41, 5.74) is 1.18. The van der Waals surface area contributed by atoms with Crippen molar-refractivity contribution in [3.05, 3.63) is 69.3 Å². The molecule has 2 aliphatic heterocycles. The summed E-state index contributed by atoms with van der Waals surface area (Å²) in [5.74, 6) is -0.228. The standard InChI is InChI=1S/C26H27Cl2N5O4/c1-4-36-22(37-5-2)14-32-20-11-10-18(28)12-19(20)26(25(32)35)13-21(34)29-24-23(26)30-31-33(24)15(3)16-6-8-17(27)9-7-16/h6-12,15,22H,4-5,13-14H2,1-3H3,(H,29,34)/t15?,26-/m1/s1. The van der Waals surface area contributed by atoms with Crippen molar-refractivity contribution in [1.29, 1.82) is 0 Å². The molecule has 5 rings (SSSR count). The average molecular weight is 544 g/mol. The quantitative estimate of drug-likeness (QED) is 0.418. The molecule has 0 radical (unpaired) electrons. The number of nitrogens with zero attached hydrogens (tertiary/aromatic N) is 4. The van der Waals surface area contributed by atoms with Crippen molar-refractivity contribution in [3.63, 3.8) is 0 Å². The summed E-state index contributed by atoms with van der Waals surface area (Å²) in [4.78, 5) is 29.1. The van der Waals surface area contributed by atoms with E-state index in [0.717, 1.165) is 5.56 Å². The summed E-state index contributed by atoms with van der Waals surface area (Å²) in [6.45, 7) is 6.68. The number of benzene rings is 2. The van der Waals surface area contributed by atoms with E-state index in [1.54, 1.807) is 39.9 Å². The van der Waals surface area contributed by atoms with Gasteiger partial charge in [-0.15, -0.1) is 5.10 Å². The first kappa shape index (κ1) is 25.7. The minimum absolute atomic E-state index is 0.120. The van der Waals surface area contributed by atoms with E-state index in [1.807, 2.05) is 32.9 Å². The van der Waals surface area contributed by atoms with Crippen LogP contribution in [0.3, 0.4) is 0 Å². The van der Waals surface area contributed by atoms with Gasteiger partial charge in [-0.25, -0.2) is 4.68 Å². The number of rotatable bonds is 8. The van der Waals surface area contributed by atoms with Crippen LogP contribution in [0.15, 0.2) is 42.5 Å². The molecule has 0 aliphatic carbocycles. The third-order valence-electron chi connectivity index (χ3n) is 6.86. The number of anilines is 2. The zero-order valence-electron chi connectivity index (χ0n) is 20.7. The zero-order valence-corrected chi connectivity index (χ0v) is 22.2. The van der Waals surface area contributed by atoms with E-state index in [4.69, 9.17) is 32.7 Å². The molecule has 37 heavy (non-hydrogen) atoms. The molecular weight excluding hydrogens is 517 g/mol. The summed E-state index contributed by atoms with van der Waals surface area (Å²) in [7, 11) is 0. The van der Waals surface area contributed by atoms with Crippen LogP contribution in [0.4, 0.5) is 11.5 Å². The van der Waals surface area contributed by atoms with Crippen LogP contribution >= 0.6 is 23.2 Å². The summed E-state index contributed by atoms with van der Waals surface area (Å²) < 4.78 is 13.1. The van der Waals surface area contributed by atoms with Crippen molar-refractivity contribution in [2.45, 2.75) is 44.9 Å². The molecule has 9 nitrogen and oxygen atoms in total. The van der Waals surface area contributed by atoms with E-state index in [-0.39, 0.29) is 30.8 Å². The Morgan fingerprint density at radius 1 is 1.05 bits per heavy atom. The summed E-state index contributed by atoms with van der Waals surface area (Å²) in [6.07, 6.45) is -0.750. The highest BCUT2D eigenvalue weighted by molar-refractivity contribution is 6.31. The summed E-state index contributed by atoms with van der Waals surface area (Å²) in [6, 6.07) is 12.3. The molecule has 1 spiro atoms. The van der Waals surface area contributed by atoms with Crippen LogP contribution in [0.5, 0.6) is 0 Å². The molecule has 0 fully saturated rings. The van der Waals surface area contributed by atoms with Gasteiger partial charge in [0.15, 0.2) is 12.1 Å². The van der Waals surface area contributed by atoms with Gasteiger partial charge >= 0.3 is 0 Å². The molecule has 0 bridgehead atoms. The third kappa shape index (κ3) is 4.29. The minimum Gasteiger partial charge on any atom is -0.351 e. The van der Waals surface area contributed by atoms with Gasteiger partial charge in [-0.3, -0.25) is 9.59 Å². The number of ether oxygens (including phenoxy) is 2. The lowest BCUT2D eigenvalue weighted by atomic mass is 9.73. The van der Waals surface area contributed by atoms with E-state index >= 15 is 0 Å². The van der Waals surface area contributed by atoms with Gasteiger partial charge in [-0.2, -0.15) is 0 Å². The number of hydrogen-bond donors (Lipinski definition) is 1. The van der Waals surface area contributed by atoms with Crippen molar-refractivity contribution in [2.75, 3.05) is 30.0 Å². The van der Waals surface area contributed by atoms with Crippen molar-refractivity contribution < 1.29 is 19.1 Å². The molecule has 0 saturated carbocycles. The Kier molecular flexibility index (Phi) is 6.97. The van der Waals surface area contributed by atoms with Crippen LogP contribution in [-0.4, -0.2) is 52.9 Å². The molecule has 0 saturated heterocycles. The third-order valence-corrected chi connectivity index (χ3v) is 7.34. The van der Waals surface area contributed by atoms with Gasteiger partial charge in [0, 0.05) is 28.9 Å². The molecule has 11 heteroatoms. The molecule has 2 atom stereocenters. The second kappa shape index (κ2) is 10.1. The number of amides is 2. The lowest BCUT2D eigenvalue weighted by Crippen LogP contribution is -2.49. The SMILES string of the molecule is CCOC(CN1C(=O)[C@]2(CC(=O)Nc3c2nnn3C(C)c2ccc(Cl)cc2)c2cc(Cl)ccc21)OCC. The number of nitrogens with one attached hydrogen (secondary N) is 1. The highest BCUT2D eigenvalue weighted by Crippen LogP contribution is 2.52. The van der Waals surface area contributed by atoms with Crippen LogP contribution in [-0.2, 0) is 24.5 Å². The fraction of sp³-hybridized carbons (Fsp3) is 0.385. The van der Waals surface area contributed by atoms with Gasteiger partial charge in [-0.05, 0) is 62.2 Å². The summed E-state index contributed by atoms with van der Waals surface area (Å²) >= 11 is 12.5. The van der Waals surface area contributed by atoms with Crippen LogP contribution in [0, 0.1) is 0 Å². The number of carbonyl (C=O) groups excluding carboxylic acids is 2. The van der Waals surface area contributed by atoms with Crippen molar-refractivity contribution in [2.24, 2.45) is 0 Å². The second-order valence-electron chi connectivity index (χ2n) is 9.01. The lowest BCUT2D eigenvalue weighted by Gasteiger charge is -2.32. The number of aromatic nitrogens is 3. The van der Waals surface area contributed by atoms with Crippen molar-refractivity contribution in [1.82, 2.24) is 15.0 Å². The van der Waals surface area contributed by atoms with Gasteiger partial charge < -0.3 is 19.7 Å². The fourth-order valence-corrected chi connectivity index (χ4v) is 5.45. The Balaban J connectivity index is 1.63. The Bertz CT molecular complexity index is 1340. The first-order valence-electron chi connectivity index (χ1n) is 12.2. The van der Waals surface area contributed by atoms with Gasteiger partial charge in [0.1, 0.15) is 11.1 Å².